The number of hydrogen-bond acceptors (Lipinski definition) is 3. The molecule has 2 aliphatic rings. The highest BCUT2D eigenvalue weighted by Gasteiger charge is 2.32. The normalized spacial score (nSPS) is 18.3. The van der Waals surface area contributed by atoms with Crippen LogP contribution in [-0.4, -0.2) is 44.9 Å². The van der Waals surface area contributed by atoms with E-state index in [1.807, 2.05) is 7.05 Å². The molecular formula is C16H27N5O2. The van der Waals surface area contributed by atoms with Crippen LogP contribution in [0.25, 0.3) is 0 Å². The number of carbonyl (C=O) groups excluding carboxylic acids is 1. The van der Waals surface area contributed by atoms with Gasteiger partial charge in [0, 0.05) is 39.1 Å². The first kappa shape index (κ1) is 16.1. The van der Waals surface area contributed by atoms with Crippen molar-refractivity contribution in [3.63, 3.8) is 0 Å². The molecule has 23 heavy (non-hydrogen) atoms. The lowest BCUT2D eigenvalue weighted by Gasteiger charge is -2.25. The summed E-state index contributed by atoms with van der Waals surface area (Å²) in [6.45, 7) is 4.01. The summed E-state index contributed by atoms with van der Waals surface area (Å²) in [5.74, 6) is 1.57. The maximum Gasteiger partial charge on any atom is 0.345 e. The number of hydrogen-bond donors (Lipinski definition) is 1. The molecule has 2 amide bonds. The Morgan fingerprint density at radius 3 is 2.91 bits per heavy atom. The van der Waals surface area contributed by atoms with Gasteiger partial charge in [-0.15, -0.1) is 0 Å². The van der Waals surface area contributed by atoms with E-state index in [2.05, 4.69) is 17.3 Å². The third-order valence-corrected chi connectivity index (χ3v) is 5.09. The highest BCUT2D eigenvalue weighted by molar-refractivity contribution is 5.74. The van der Waals surface area contributed by atoms with Gasteiger partial charge in [0.05, 0.1) is 0 Å². The second kappa shape index (κ2) is 6.76. The van der Waals surface area contributed by atoms with Crippen LogP contribution in [0.1, 0.15) is 44.9 Å². The van der Waals surface area contributed by atoms with Gasteiger partial charge in [-0.25, -0.2) is 14.3 Å². The summed E-state index contributed by atoms with van der Waals surface area (Å²) in [6, 6.07) is 0.276. The Hall–Kier alpha value is -1.79. The van der Waals surface area contributed by atoms with Gasteiger partial charge in [-0.3, -0.25) is 4.57 Å². The molecule has 0 saturated heterocycles. The topological polar surface area (TPSA) is 72.2 Å². The molecule has 1 aliphatic heterocycles. The van der Waals surface area contributed by atoms with Crippen molar-refractivity contribution < 1.29 is 4.79 Å². The minimum absolute atomic E-state index is 0.00880. The lowest BCUT2D eigenvalue weighted by molar-refractivity contribution is 0.187. The number of amides is 2. The van der Waals surface area contributed by atoms with Gasteiger partial charge < -0.3 is 10.2 Å². The first-order valence-electron chi connectivity index (χ1n) is 8.75. The SMILES string of the molecule is C[C@@H](C1CC1)N(C)C(=O)NCCCn1nc2n(c1=O)CCCC2. The van der Waals surface area contributed by atoms with Crippen molar-refractivity contribution in [2.45, 2.75) is 64.6 Å². The fraction of sp³-hybridized carbons (Fsp3) is 0.812. The molecule has 1 atom stereocenters. The van der Waals surface area contributed by atoms with Gasteiger partial charge in [-0.05, 0) is 44.9 Å². The van der Waals surface area contributed by atoms with Crippen molar-refractivity contribution >= 4 is 6.03 Å². The van der Waals surface area contributed by atoms with Gasteiger partial charge in [0.2, 0.25) is 0 Å². The molecule has 7 nitrogen and oxygen atoms in total. The van der Waals surface area contributed by atoms with Crippen molar-refractivity contribution in [2.24, 2.45) is 5.92 Å². The van der Waals surface area contributed by atoms with Crippen LogP contribution in [0.2, 0.25) is 0 Å². The van der Waals surface area contributed by atoms with Crippen LogP contribution in [0.5, 0.6) is 0 Å². The Balaban J connectivity index is 1.44. The Kier molecular flexibility index (Phi) is 4.73. The van der Waals surface area contributed by atoms with E-state index >= 15 is 0 Å². The van der Waals surface area contributed by atoms with Gasteiger partial charge in [-0.2, -0.15) is 5.10 Å². The standard InChI is InChI=1S/C16H27N5O2/c1-12(13-7-8-13)19(2)15(22)17-9-5-11-21-16(23)20-10-4-3-6-14(20)18-21/h12-13H,3-11H2,1-2H3,(H,17,22)/t12-/m0/s1. The molecular weight excluding hydrogens is 294 g/mol. The molecule has 2 heterocycles. The first-order valence-corrected chi connectivity index (χ1v) is 8.75. The number of carbonyl (C=O) groups is 1. The zero-order valence-electron chi connectivity index (χ0n) is 14.1. The highest BCUT2D eigenvalue weighted by Crippen LogP contribution is 2.34. The van der Waals surface area contributed by atoms with Gasteiger partial charge in [-0.1, -0.05) is 0 Å². The third kappa shape index (κ3) is 3.59. The molecule has 1 fully saturated rings. The molecule has 1 N–H and O–H groups in total. The second-order valence-corrected chi connectivity index (χ2v) is 6.81. The summed E-state index contributed by atoms with van der Waals surface area (Å²) >= 11 is 0. The Morgan fingerprint density at radius 2 is 2.22 bits per heavy atom. The van der Waals surface area contributed by atoms with E-state index in [4.69, 9.17) is 0 Å². The number of rotatable bonds is 6. The van der Waals surface area contributed by atoms with E-state index in [0.29, 0.717) is 31.5 Å². The molecule has 0 bridgehead atoms. The van der Waals surface area contributed by atoms with E-state index in [-0.39, 0.29) is 11.7 Å². The monoisotopic (exact) mass is 321 g/mol. The van der Waals surface area contributed by atoms with E-state index in [0.717, 1.165) is 31.6 Å². The Labute approximate surface area is 136 Å². The van der Waals surface area contributed by atoms with Gasteiger partial charge in [0.15, 0.2) is 0 Å². The predicted octanol–water partition coefficient (Wildman–Crippen LogP) is 1.21. The molecule has 3 rings (SSSR count). The lowest BCUT2D eigenvalue weighted by Crippen LogP contribution is -2.43. The Bertz CT molecular complexity index is 616. The zero-order chi connectivity index (χ0) is 16.4. The van der Waals surface area contributed by atoms with Crippen molar-refractivity contribution in [2.75, 3.05) is 13.6 Å². The largest absolute Gasteiger partial charge is 0.345 e. The fourth-order valence-electron chi connectivity index (χ4n) is 3.22. The zero-order valence-corrected chi connectivity index (χ0v) is 14.1. The van der Waals surface area contributed by atoms with E-state index < -0.39 is 0 Å². The molecule has 0 radical (unpaired) electrons. The minimum Gasteiger partial charge on any atom is -0.338 e. The van der Waals surface area contributed by atoms with Crippen molar-refractivity contribution in [3.05, 3.63) is 16.3 Å². The fourth-order valence-corrected chi connectivity index (χ4v) is 3.22. The quantitative estimate of drug-likeness (QED) is 0.801. The second-order valence-electron chi connectivity index (χ2n) is 6.81. The number of aromatic nitrogens is 3. The van der Waals surface area contributed by atoms with Crippen LogP contribution in [0, 0.1) is 5.92 Å². The number of urea groups is 1. The van der Waals surface area contributed by atoms with Crippen molar-refractivity contribution in [1.29, 1.82) is 0 Å². The summed E-state index contributed by atoms with van der Waals surface area (Å²) in [6.07, 6.45) is 6.23. The minimum atomic E-state index is -0.0270. The van der Waals surface area contributed by atoms with Crippen LogP contribution in [0.15, 0.2) is 4.79 Å². The summed E-state index contributed by atoms with van der Waals surface area (Å²) in [5.41, 5.74) is -0.00880. The molecule has 1 aromatic heterocycles. The summed E-state index contributed by atoms with van der Waals surface area (Å²) in [5, 5.41) is 7.34. The number of nitrogens with zero attached hydrogens (tertiary/aromatic N) is 4. The molecule has 1 saturated carbocycles. The predicted molar refractivity (Wildman–Crippen MR) is 87.4 cm³/mol. The molecule has 0 unspecified atom stereocenters. The average Bonchev–Trinajstić information content (AvgIpc) is 3.36. The van der Waals surface area contributed by atoms with Crippen LogP contribution >= 0.6 is 0 Å². The maximum absolute atomic E-state index is 12.2. The van der Waals surface area contributed by atoms with Crippen LogP contribution in [-0.2, 0) is 19.5 Å². The average molecular weight is 321 g/mol. The van der Waals surface area contributed by atoms with Gasteiger partial charge in [0.25, 0.3) is 0 Å². The van der Waals surface area contributed by atoms with Crippen LogP contribution < -0.4 is 11.0 Å². The van der Waals surface area contributed by atoms with E-state index in [1.54, 1.807) is 14.1 Å². The summed E-state index contributed by atoms with van der Waals surface area (Å²) in [4.78, 5) is 26.1. The van der Waals surface area contributed by atoms with E-state index in [1.165, 1.54) is 12.8 Å². The highest BCUT2D eigenvalue weighted by atomic mass is 16.2. The maximum atomic E-state index is 12.2. The van der Waals surface area contributed by atoms with Crippen molar-refractivity contribution in [3.8, 4) is 0 Å². The molecule has 7 heteroatoms. The Morgan fingerprint density at radius 1 is 1.43 bits per heavy atom. The molecule has 128 valence electrons. The number of nitrogens with one attached hydrogen (secondary N) is 1. The smallest absolute Gasteiger partial charge is 0.338 e. The summed E-state index contributed by atoms with van der Waals surface area (Å²) < 4.78 is 3.33. The van der Waals surface area contributed by atoms with Gasteiger partial charge in [0.1, 0.15) is 5.82 Å². The molecule has 0 spiro atoms. The third-order valence-electron chi connectivity index (χ3n) is 5.09. The number of fused-ring (bicyclic) bond motifs is 1. The molecule has 1 aliphatic carbocycles. The lowest BCUT2D eigenvalue weighted by atomic mass is 10.2. The van der Waals surface area contributed by atoms with Crippen LogP contribution in [0.4, 0.5) is 4.79 Å². The van der Waals surface area contributed by atoms with E-state index in [9.17, 15) is 9.59 Å². The number of aryl methyl sites for hydroxylation is 2. The van der Waals surface area contributed by atoms with Crippen LogP contribution in [0.3, 0.4) is 0 Å². The first-order chi connectivity index (χ1) is 11.1. The van der Waals surface area contributed by atoms with Gasteiger partial charge >= 0.3 is 11.7 Å². The molecule has 0 aromatic carbocycles. The van der Waals surface area contributed by atoms with Crippen molar-refractivity contribution in [1.82, 2.24) is 24.6 Å². The summed E-state index contributed by atoms with van der Waals surface area (Å²) in [7, 11) is 1.85. The molecule has 1 aromatic rings.